The minimum Gasteiger partial charge on any atom is -0.495 e. The van der Waals surface area contributed by atoms with Gasteiger partial charge in [-0.1, -0.05) is 30.3 Å². The second-order valence-electron chi connectivity index (χ2n) is 4.00. The second-order valence-corrected chi connectivity index (χ2v) is 4.00. The number of methoxy groups -OCH3 is 1. The summed E-state index contributed by atoms with van der Waals surface area (Å²) in [4.78, 5) is 4.35. The first-order chi connectivity index (χ1) is 8.85. The van der Waals surface area contributed by atoms with Gasteiger partial charge in [0.15, 0.2) is 0 Å². The molecule has 1 aromatic heterocycles. The van der Waals surface area contributed by atoms with E-state index in [1.54, 1.807) is 13.3 Å². The molecule has 18 heavy (non-hydrogen) atoms. The van der Waals surface area contributed by atoms with Gasteiger partial charge in [0, 0.05) is 6.20 Å². The summed E-state index contributed by atoms with van der Waals surface area (Å²) >= 11 is 0. The van der Waals surface area contributed by atoms with E-state index in [2.05, 4.69) is 22.5 Å². The largest absolute Gasteiger partial charge is 0.495 e. The van der Waals surface area contributed by atoms with Crippen molar-refractivity contribution in [3.05, 3.63) is 59.9 Å². The van der Waals surface area contributed by atoms with Gasteiger partial charge in [-0.05, 0) is 24.1 Å². The van der Waals surface area contributed by atoms with Crippen molar-refractivity contribution < 1.29 is 4.74 Å². The Morgan fingerprint density at radius 3 is 2.67 bits per heavy atom. The van der Waals surface area contributed by atoms with Crippen LogP contribution in [0.2, 0.25) is 0 Å². The van der Waals surface area contributed by atoms with Crippen LogP contribution in [0.15, 0.2) is 48.7 Å². The minimum absolute atomic E-state index is 0.0662. The highest BCUT2D eigenvalue weighted by molar-refractivity contribution is 5.31. The number of nitrogens with two attached hydrogens (primary N) is 1. The highest BCUT2D eigenvalue weighted by Crippen LogP contribution is 2.24. The monoisotopic (exact) mass is 243 g/mol. The van der Waals surface area contributed by atoms with Crippen LogP contribution in [0.1, 0.15) is 17.3 Å². The Hall–Kier alpha value is -1.91. The SMILES string of the molecule is COc1cccnc1C(Cc1ccccc1)NN. The molecule has 0 aliphatic carbocycles. The summed E-state index contributed by atoms with van der Waals surface area (Å²) < 4.78 is 5.31. The molecule has 0 radical (unpaired) electrons. The topological polar surface area (TPSA) is 60.2 Å². The van der Waals surface area contributed by atoms with Gasteiger partial charge in [0.2, 0.25) is 0 Å². The lowest BCUT2D eigenvalue weighted by Gasteiger charge is -2.17. The molecule has 0 bridgehead atoms. The summed E-state index contributed by atoms with van der Waals surface area (Å²) in [5.74, 6) is 6.38. The molecular weight excluding hydrogens is 226 g/mol. The second kappa shape index (κ2) is 6.14. The Kier molecular flexibility index (Phi) is 4.28. The van der Waals surface area contributed by atoms with Crippen LogP contribution in [0.3, 0.4) is 0 Å². The van der Waals surface area contributed by atoms with Gasteiger partial charge in [-0.2, -0.15) is 0 Å². The summed E-state index contributed by atoms with van der Waals surface area (Å²) in [6.45, 7) is 0. The molecule has 0 fully saturated rings. The molecule has 0 amide bonds. The van der Waals surface area contributed by atoms with Crippen LogP contribution in [0.5, 0.6) is 5.75 Å². The standard InChI is InChI=1S/C14H17N3O/c1-18-13-8-5-9-16-14(13)12(17-15)10-11-6-3-2-4-7-11/h2-9,12,17H,10,15H2,1H3. The molecule has 1 aromatic carbocycles. The number of ether oxygens (including phenoxy) is 1. The number of hydrogen-bond donors (Lipinski definition) is 2. The van der Waals surface area contributed by atoms with Crippen molar-refractivity contribution in [2.75, 3.05) is 7.11 Å². The zero-order valence-electron chi connectivity index (χ0n) is 10.3. The molecule has 2 aromatic rings. The van der Waals surface area contributed by atoms with Gasteiger partial charge in [0.1, 0.15) is 11.4 Å². The van der Waals surface area contributed by atoms with E-state index in [0.717, 1.165) is 17.9 Å². The normalized spacial score (nSPS) is 12.1. The van der Waals surface area contributed by atoms with Crippen molar-refractivity contribution in [3.8, 4) is 5.75 Å². The number of aromatic nitrogens is 1. The fraction of sp³-hybridized carbons (Fsp3) is 0.214. The number of pyridine rings is 1. The number of hydrogen-bond acceptors (Lipinski definition) is 4. The lowest BCUT2D eigenvalue weighted by Crippen LogP contribution is -2.30. The molecule has 3 N–H and O–H groups in total. The van der Waals surface area contributed by atoms with Crippen molar-refractivity contribution in [1.29, 1.82) is 0 Å². The number of benzene rings is 1. The summed E-state index contributed by atoms with van der Waals surface area (Å²) in [6, 6.07) is 13.8. The van der Waals surface area contributed by atoms with E-state index in [-0.39, 0.29) is 6.04 Å². The van der Waals surface area contributed by atoms with Crippen molar-refractivity contribution in [3.63, 3.8) is 0 Å². The lowest BCUT2D eigenvalue weighted by atomic mass is 10.0. The summed E-state index contributed by atoms with van der Waals surface area (Å²) in [7, 11) is 1.64. The maximum absolute atomic E-state index is 5.63. The first-order valence-corrected chi connectivity index (χ1v) is 5.84. The molecule has 4 heteroatoms. The summed E-state index contributed by atoms with van der Waals surface area (Å²) in [6.07, 6.45) is 2.51. The van der Waals surface area contributed by atoms with Crippen LogP contribution < -0.4 is 16.0 Å². The van der Waals surface area contributed by atoms with Crippen molar-refractivity contribution in [1.82, 2.24) is 10.4 Å². The zero-order chi connectivity index (χ0) is 12.8. The lowest BCUT2D eigenvalue weighted by molar-refractivity contribution is 0.394. The van der Waals surface area contributed by atoms with E-state index in [1.165, 1.54) is 5.56 Å². The molecule has 0 saturated carbocycles. The minimum atomic E-state index is -0.0662. The maximum atomic E-state index is 5.63. The van der Waals surface area contributed by atoms with Gasteiger partial charge in [0.25, 0.3) is 0 Å². The fourth-order valence-corrected chi connectivity index (χ4v) is 1.92. The molecule has 0 spiro atoms. The molecule has 1 unspecified atom stereocenters. The fourth-order valence-electron chi connectivity index (χ4n) is 1.92. The van der Waals surface area contributed by atoms with Crippen molar-refractivity contribution in [2.24, 2.45) is 5.84 Å². The van der Waals surface area contributed by atoms with Gasteiger partial charge < -0.3 is 4.74 Å². The molecule has 94 valence electrons. The number of hydrazine groups is 1. The molecule has 2 rings (SSSR count). The van der Waals surface area contributed by atoms with E-state index >= 15 is 0 Å². The maximum Gasteiger partial charge on any atom is 0.142 e. The third-order valence-electron chi connectivity index (χ3n) is 2.83. The van der Waals surface area contributed by atoms with Crippen LogP contribution in [0.4, 0.5) is 0 Å². The van der Waals surface area contributed by atoms with E-state index in [0.29, 0.717) is 0 Å². The van der Waals surface area contributed by atoms with Crippen LogP contribution in [-0.4, -0.2) is 12.1 Å². The van der Waals surface area contributed by atoms with Crippen LogP contribution in [0.25, 0.3) is 0 Å². The Morgan fingerprint density at radius 1 is 1.22 bits per heavy atom. The van der Waals surface area contributed by atoms with Crippen LogP contribution in [0, 0.1) is 0 Å². The van der Waals surface area contributed by atoms with E-state index in [1.807, 2.05) is 30.3 Å². The summed E-state index contributed by atoms with van der Waals surface area (Å²) in [5.41, 5.74) is 4.83. The quantitative estimate of drug-likeness (QED) is 0.621. The number of nitrogens with zero attached hydrogens (tertiary/aromatic N) is 1. The molecule has 0 aliphatic rings. The molecule has 0 saturated heterocycles. The highest BCUT2D eigenvalue weighted by atomic mass is 16.5. The zero-order valence-corrected chi connectivity index (χ0v) is 10.3. The smallest absolute Gasteiger partial charge is 0.142 e. The van der Waals surface area contributed by atoms with Crippen LogP contribution in [-0.2, 0) is 6.42 Å². The van der Waals surface area contributed by atoms with Gasteiger partial charge in [0.05, 0.1) is 13.2 Å². The molecule has 4 nitrogen and oxygen atoms in total. The molecule has 1 heterocycles. The van der Waals surface area contributed by atoms with Gasteiger partial charge in [-0.25, -0.2) is 0 Å². The van der Waals surface area contributed by atoms with Gasteiger partial charge >= 0.3 is 0 Å². The molecule has 0 aliphatic heterocycles. The average Bonchev–Trinajstić information content (AvgIpc) is 2.46. The number of rotatable bonds is 5. The first kappa shape index (κ1) is 12.5. The predicted octanol–water partition coefficient (Wildman–Crippen LogP) is 1.84. The van der Waals surface area contributed by atoms with E-state index < -0.39 is 0 Å². The van der Waals surface area contributed by atoms with E-state index in [9.17, 15) is 0 Å². The Balaban J connectivity index is 2.23. The number of nitrogens with one attached hydrogen (secondary N) is 1. The van der Waals surface area contributed by atoms with E-state index in [4.69, 9.17) is 10.6 Å². The van der Waals surface area contributed by atoms with Gasteiger partial charge in [-0.15, -0.1) is 0 Å². The van der Waals surface area contributed by atoms with Crippen molar-refractivity contribution in [2.45, 2.75) is 12.5 Å². The van der Waals surface area contributed by atoms with Crippen LogP contribution >= 0.6 is 0 Å². The third kappa shape index (κ3) is 2.85. The predicted molar refractivity (Wildman–Crippen MR) is 71.0 cm³/mol. The molecular formula is C14H17N3O. The first-order valence-electron chi connectivity index (χ1n) is 5.84. The third-order valence-corrected chi connectivity index (χ3v) is 2.83. The molecule has 1 atom stereocenters. The Morgan fingerprint density at radius 2 is 2.00 bits per heavy atom. The van der Waals surface area contributed by atoms with Crippen molar-refractivity contribution >= 4 is 0 Å². The Bertz CT molecular complexity index is 487. The highest BCUT2D eigenvalue weighted by Gasteiger charge is 2.16. The Labute approximate surface area is 107 Å². The van der Waals surface area contributed by atoms with Gasteiger partial charge in [-0.3, -0.25) is 16.3 Å². The summed E-state index contributed by atoms with van der Waals surface area (Å²) in [5, 5.41) is 0. The average molecular weight is 243 g/mol.